The van der Waals surface area contributed by atoms with E-state index in [1.54, 1.807) is 6.07 Å². The summed E-state index contributed by atoms with van der Waals surface area (Å²) in [7, 11) is 0. The first-order valence-corrected chi connectivity index (χ1v) is 9.49. The summed E-state index contributed by atoms with van der Waals surface area (Å²) in [4.78, 5) is 7.97. The quantitative estimate of drug-likeness (QED) is 0.467. The molecule has 0 amide bonds. The van der Waals surface area contributed by atoms with Gasteiger partial charge in [0.1, 0.15) is 11.4 Å². The third-order valence-electron chi connectivity index (χ3n) is 4.49. The molecule has 0 bridgehead atoms. The lowest BCUT2D eigenvalue weighted by Crippen LogP contribution is -2.12. The van der Waals surface area contributed by atoms with Gasteiger partial charge in [0.25, 0.3) is 0 Å². The highest BCUT2D eigenvalue weighted by Crippen LogP contribution is 2.35. The fourth-order valence-electron chi connectivity index (χ4n) is 2.90. The molecule has 0 unspecified atom stereocenters. The summed E-state index contributed by atoms with van der Waals surface area (Å²) < 4.78 is 40.4. The lowest BCUT2D eigenvalue weighted by Gasteiger charge is -2.16. The van der Waals surface area contributed by atoms with Gasteiger partial charge >= 0.3 is 6.18 Å². The van der Waals surface area contributed by atoms with Crippen LogP contribution in [-0.4, -0.2) is 9.97 Å². The molecule has 0 radical (unpaired) electrons. The number of nitrogens with one attached hydrogen (secondary N) is 2. The van der Waals surface area contributed by atoms with E-state index in [1.165, 1.54) is 0 Å². The maximum atomic E-state index is 13.5. The van der Waals surface area contributed by atoms with Gasteiger partial charge in [0.05, 0.1) is 0 Å². The molecule has 0 aliphatic rings. The van der Waals surface area contributed by atoms with Gasteiger partial charge in [-0.15, -0.1) is 0 Å². The van der Waals surface area contributed by atoms with Crippen LogP contribution in [0.5, 0.6) is 0 Å². The highest BCUT2D eigenvalue weighted by molar-refractivity contribution is 5.64. The van der Waals surface area contributed by atoms with Crippen molar-refractivity contribution >= 4 is 23.1 Å². The summed E-state index contributed by atoms with van der Waals surface area (Å²) in [5, 5.41) is 5.81. The van der Waals surface area contributed by atoms with Crippen LogP contribution in [0.2, 0.25) is 0 Å². The number of benzene rings is 2. The van der Waals surface area contributed by atoms with E-state index >= 15 is 0 Å². The molecule has 2 N–H and O–H groups in total. The summed E-state index contributed by atoms with van der Waals surface area (Å²) in [5.74, 6) is -0.187. The van der Waals surface area contributed by atoms with Crippen LogP contribution in [0.4, 0.5) is 36.3 Å². The summed E-state index contributed by atoms with van der Waals surface area (Å²) in [6, 6.07) is 14.8. The Balaban J connectivity index is 1.92. The molecule has 1 aromatic heterocycles. The van der Waals surface area contributed by atoms with E-state index in [2.05, 4.69) is 27.5 Å². The largest absolute Gasteiger partial charge is 0.421 e. The number of hydrogen-bond donors (Lipinski definition) is 2. The lowest BCUT2D eigenvalue weighted by molar-refractivity contribution is -0.137. The van der Waals surface area contributed by atoms with Crippen LogP contribution in [-0.2, 0) is 12.6 Å². The number of anilines is 4. The highest BCUT2D eigenvalue weighted by atomic mass is 19.4. The molecular weight excluding hydrogens is 377 g/mol. The monoisotopic (exact) mass is 400 g/mol. The van der Waals surface area contributed by atoms with Crippen molar-refractivity contribution in [3.05, 3.63) is 71.4 Å². The molecule has 0 aliphatic heterocycles. The maximum Gasteiger partial charge on any atom is 0.421 e. The van der Waals surface area contributed by atoms with E-state index in [0.29, 0.717) is 5.69 Å². The van der Waals surface area contributed by atoms with Gasteiger partial charge in [-0.2, -0.15) is 18.2 Å². The van der Waals surface area contributed by atoms with Gasteiger partial charge in [-0.1, -0.05) is 43.7 Å². The average Bonchev–Trinajstić information content (AvgIpc) is 2.68. The minimum Gasteiger partial charge on any atom is -0.340 e. The van der Waals surface area contributed by atoms with Gasteiger partial charge < -0.3 is 10.6 Å². The van der Waals surface area contributed by atoms with Crippen molar-refractivity contribution < 1.29 is 13.2 Å². The average molecular weight is 400 g/mol. The molecule has 0 fully saturated rings. The van der Waals surface area contributed by atoms with Crippen molar-refractivity contribution in [2.75, 3.05) is 10.6 Å². The zero-order chi connectivity index (χ0) is 20.9. The molecule has 0 spiro atoms. The fourth-order valence-corrected chi connectivity index (χ4v) is 2.90. The molecular formula is C22H23F3N4. The van der Waals surface area contributed by atoms with Gasteiger partial charge in [-0.25, -0.2) is 4.98 Å². The van der Waals surface area contributed by atoms with Crippen molar-refractivity contribution in [1.82, 2.24) is 9.97 Å². The second kappa shape index (κ2) is 8.94. The molecule has 3 rings (SSSR count). The van der Waals surface area contributed by atoms with Crippen LogP contribution in [0, 0.1) is 6.92 Å². The van der Waals surface area contributed by atoms with Crippen LogP contribution < -0.4 is 10.6 Å². The molecule has 152 valence electrons. The van der Waals surface area contributed by atoms with Crippen LogP contribution in [0.25, 0.3) is 0 Å². The maximum absolute atomic E-state index is 13.5. The number of unbranched alkanes of at least 4 members (excludes halogenated alkanes) is 1. The summed E-state index contributed by atoms with van der Waals surface area (Å²) in [6.07, 6.45) is -0.812. The topological polar surface area (TPSA) is 49.8 Å². The lowest BCUT2D eigenvalue weighted by atomic mass is 10.1. The number of rotatable bonds is 7. The third-order valence-corrected chi connectivity index (χ3v) is 4.49. The summed E-state index contributed by atoms with van der Waals surface area (Å²) in [6.45, 7) is 3.99. The highest BCUT2D eigenvalue weighted by Gasteiger charge is 2.35. The molecule has 0 saturated heterocycles. The molecule has 0 saturated carbocycles. The SMILES string of the molecule is CCCCc1cccc(Nc2nc(Nc3ccccc3C)ncc2C(F)(F)F)c1. The number of nitrogens with zero attached hydrogens (tertiary/aromatic N) is 2. The molecule has 3 aromatic rings. The smallest absolute Gasteiger partial charge is 0.340 e. The van der Waals surface area contributed by atoms with Gasteiger partial charge in [0, 0.05) is 17.6 Å². The van der Waals surface area contributed by atoms with Crippen molar-refractivity contribution in [2.45, 2.75) is 39.3 Å². The second-order valence-corrected chi connectivity index (χ2v) is 6.82. The van der Waals surface area contributed by atoms with Crippen LogP contribution in [0.3, 0.4) is 0 Å². The molecule has 4 nitrogen and oxygen atoms in total. The number of alkyl halides is 3. The number of hydrogen-bond acceptors (Lipinski definition) is 4. The fraction of sp³-hybridized carbons (Fsp3) is 0.273. The number of halogens is 3. The Bertz CT molecular complexity index is 970. The minimum absolute atomic E-state index is 0.0944. The van der Waals surface area contributed by atoms with E-state index < -0.39 is 11.7 Å². The first kappa shape index (κ1) is 20.6. The Morgan fingerprint density at radius 1 is 1.00 bits per heavy atom. The standard InChI is InChI=1S/C22H23F3N4/c1-3-4-9-16-10-7-11-17(13-16)27-20-18(22(23,24)25)14-26-21(29-20)28-19-12-6-5-8-15(19)2/h5-8,10-14H,3-4,9H2,1-2H3,(H2,26,27,28,29). The first-order valence-electron chi connectivity index (χ1n) is 9.49. The Morgan fingerprint density at radius 2 is 1.79 bits per heavy atom. The van der Waals surface area contributed by atoms with Gasteiger partial charge in [-0.3, -0.25) is 0 Å². The molecule has 0 aliphatic carbocycles. The van der Waals surface area contributed by atoms with Crippen LogP contribution in [0.15, 0.2) is 54.7 Å². The second-order valence-electron chi connectivity index (χ2n) is 6.82. The number of aromatic nitrogens is 2. The number of aryl methyl sites for hydroxylation is 2. The van der Waals surface area contributed by atoms with Gasteiger partial charge in [0.2, 0.25) is 5.95 Å². The number of para-hydroxylation sites is 1. The van der Waals surface area contributed by atoms with Crippen LogP contribution >= 0.6 is 0 Å². The first-order chi connectivity index (χ1) is 13.9. The van der Waals surface area contributed by atoms with Crippen LogP contribution in [0.1, 0.15) is 36.5 Å². The zero-order valence-corrected chi connectivity index (χ0v) is 16.3. The van der Waals surface area contributed by atoms with Gasteiger partial charge in [0.15, 0.2) is 0 Å². The zero-order valence-electron chi connectivity index (χ0n) is 16.3. The van der Waals surface area contributed by atoms with E-state index in [4.69, 9.17) is 0 Å². The Labute approximate surface area is 168 Å². The molecule has 7 heteroatoms. The molecule has 1 heterocycles. The third kappa shape index (κ3) is 5.47. The van der Waals surface area contributed by atoms with Crippen molar-refractivity contribution in [3.63, 3.8) is 0 Å². The Morgan fingerprint density at radius 3 is 2.52 bits per heavy atom. The Hall–Kier alpha value is -3.09. The van der Waals surface area contributed by atoms with E-state index in [1.807, 2.05) is 49.4 Å². The van der Waals surface area contributed by atoms with Crippen molar-refractivity contribution in [3.8, 4) is 0 Å². The van der Waals surface area contributed by atoms with Crippen molar-refractivity contribution in [2.24, 2.45) is 0 Å². The molecule has 0 atom stereocenters. The minimum atomic E-state index is -4.57. The Kier molecular flexibility index (Phi) is 6.36. The predicted octanol–water partition coefficient (Wildman–Crippen LogP) is 6.63. The molecule has 2 aromatic carbocycles. The van der Waals surface area contributed by atoms with Gasteiger partial charge in [-0.05, 0) is 49.1 Å². The molecule has 29 heavy (non-hydrogen) atoms. The van der Waals surface area contributed by atoms with E-state index in [9.17, 15) is 13.2 Å². The summed E-state index contributed by atoms with van der Waals surface area (Å²) >= 11 is 0. The normalized spacial score (nSPS) is 11.3. The van der Waals surface area contributed by atoms with E-state index in [0.717, 1.165) is 42.3 Å². The summed E-state index contributed by atoms with van der Waals surface area (Å²) in [5.41, 5.74) is 2.39. The predicted molar refractivity (Wildman–Crippen MR) is 110 cm³/mol. The van der Waals surface area contributed by atoms with Crippen molar-refractivity contribution in [1.29, 1.82) is 0 Å². The van der Waals surface area contributed by atoms with E-state index in [-0.39, 0.29) is 11.8 Å².